The number of Topliss-reactive ketones (excluding diaryl/α,β-unsaturated/α-hetero) is 1. The number of carbonyl (C=O) groups is 2. The Morgan fingerprint density at radius 2 is 2.09 bits per heavy atom. The fourth-order valence-corrected chi connectivity index (χ4v) is 4.63. The average Bonchev–Trinajstić information content (AvgIpc) is 3.23. The lowest BCUT2D eigenvalue weighted by Gasteiger charge is -2.33. The van der Waals surface area contributed by atoms with Crippen LogP contribution in [0.25, 0.3) is 0 Å². The number of aromatic nitrogens is 4. The van der Waals surface area contributed by atoms with Crippen molar-refractivity contribution in [1.82, 2.24) is 19.3 Å². The van der Waals surface area contributed by atoms with Gasteiger partial charge in [0, 0.05) is 45.4 Å². The zero-order valence-corrected chi connectivity index (χ0v) is 20.3. The van der Waals surface area contributed by atoms with Gasteiger partial charge in [-0.05, 0) is 55.4 Å². The molecule has 1 amide bonds. The Balaban J connectivity index is 1.47. The molecule has 178 valence electrons. The highest BCUT2D eigenvalue weighted by Gasteiger charge is 2.25. The van der Waals surface area contributed by atoms with Crippen LogP contribution >= 0.6 is 11.5 Å². The normalized spacial score (nSPS) is 15.7. The second kappa shape index (κ2) is 10.1. The minimum atomic E-state index is -0.654. The molecule has 34 heavy (non-hydrogen) atoms. The lowest BCUT2D eigenvalue weighted by molar-refractivity contribution is 0.0954. The summed E-state index contributed by atoms with van der Waals surface area (Å²) in [6, 6.07) is 5.56. The fraction of sp³-hybridized carbons (Fsp3) is 0.391. The third kappa shape index (κ3) is 5.48. The second-order valence-electron chi connectivity index (χ2n) is 8.63. The molecule has 1 saturated heterocycles. The first kappa shape index (κ1) is 23.6. The van der Waals surface area contributed by atoms with E-state index >= 15 is 0 Å². The topological polar surface area (TPSA) is 130 Å². The molecule has 3 aromatic heterocycles. The summed E-state index contributed by atoms with van der Waals surface area (Å²) in [6.07, 6.45) is 5.55. The van der Waals surface area contributed by atoms with E-state index in [0.29, 0.717) is 30.2 Å². The minimum Gasteiger partial charge on any atom is -0.364 e. The van der Waals surface area contributed by atoms with E-state index in [1.165, 1.54) is 11.5 Å². The third-order valence-electron chi connectivity index (χ3n) is 5.71. The Hall–Kier alpha value is -3.60. The molecule has 1 aliphatic rings. The number of piperidine rings is 1. The van der Waals surface area contributed by atoms with Crippen LogP contribution in [0.3, 0.4) is 0 Å². The number of pyridine rings is 1. The molecule has 0 spiro atoms. The van der Waals surface area contributed by atoms with E-state index in [4.69, 9.17) is 5.73 Å². The number of hydrogen-bond acceptors (Lipinski definition) is 10. The number of amides is 1. The highest BCUT2D eigenvalue weighted by Crippen LogP contribution is 2.28. The van der Waals surface area contributed by atoms with Crippen LogP contribution in [0.4, 0.5) is 22.5 Å². The zero-order chi connectivity index (χ0) is 24.2. The Bertz CT molecular complexity index is 1180. The molecule has 4 rings (SSSR count). The van der Waals surface area contributed by atoms with Crippen molar-refractivity contribution in [2.45, 2.75) is 26.2 Å². The van der Waals surface area contributed by atoms with Crippen molar-refractivity contribution in [2.24, 2.45) is 11.7 Å². The van der Waals surface area contributed by atoms with Crippen LogP contribution in [0, 0.1) is 12.8 Å². The van der Waals surface area contributed by atoms with E-state index in [-0.39, 0.29) is 17.4 Å². The molecule has 0 radical (unpaired) electrons. The van der Waals surface area contributed by atoms with Crippen LogP contribution in [0.15, 0.2) is 30.6 Å². The number of hydrogen-bond donors (Lipinski definition) is 2. The van der Waals surface area contributed by atoms with E-state index < -0.39 is 5.91 Å². The van der Waals surface area contributed by atoms with E-state index in [1.54, 1.807) is 12.4 Å². The van der Waals surface area contributed by atoms with Crippen LogP contribution in [-0.4, -0.2) is 58.2 Å². The lowest BCUT2D eigenvalue weighted by Crippen LogP contribution is -2.37. The predicted octanol–water partition coefficient (Wildman–Crippen LogP) is 3.03. The number of carbonyl (C=O) groups excluding carboxylic acids is 2. The highest BCUT2D eigenvalue weighted by atomic mass is 32.1. The van der Waals surface area contributed by atoms with Gasteiger partial charge in [-0.25, -0.2) is 15.0 Å². The number of nitrogens with zero attached hydrogens (tertiary/aromatic N) is 6. The second-order valence-corrected chi connectivity index (χ2v) is 9.43. The summed E-state index contributed by atoms with van der Waals surface area (Å²) >= 11 is 1.27. The van der Waals surface area contributed by atoms with E-state index in [2.05, 4.69) is 29.5 Å². The molecule has 3 aromatic rings. The molecule has 1 fully saturated rings. The maximum Gasteiger partial charge on any atom is 0.271 e. The molecule has 0 bridgehead atoms. The number of nitrogens with one attached hydrogen (secondary N) is 1. The van der Waals surface area contributed by atoms with Gasteiger partial charge in [0.05, 0.1) is 11.9 Å². The number of primary amides is 1. The quantitative estimate of drug-likeness (QED) is 0.467. The summed E-state index contributed by atoms with van der Waals surface area (Å²) in [5.41, 5.74) is 7.08. The molecule has 4 heterocycles. The van der Waals surface area contributed by atoms with Crippen LogP contribution in [-0.2, 0) is 0 Å². The SMILES string of the molecule is Cc1cc(Nc2nc(N3CCC[C@@H](CC(=O)c4ccc(N(C)C)nc4)C3)cnc2C(N)=O)sn1. The van der Waals surface area contributed by atoms with E-state index in [9.17, 15) is 9.59 Å². The largest absolute Gasteiger partial charge is 0.364 e. The molecular weight excluding hydrogens is 452 g/mol. The van der Waals surface area contributed by atoms with E-state index in [1.807, 2.05) is 44.1 Å². The van der Waals surface area contributed by atoms with Crippen LogP contribution < -0.4 is 20.9 Å². The third-order valence-corrected chi connectivity index (χ3v) is 6.50. The highest BCUT2D eigenvalue weighted by molar-refractivity contribution is 7.10. The van der Waals surface area contributed by atoms with Crippen molar-refractivity contribution < 1.29 is 9.59 Å². The van der Waals surface area contributed by atoms with Gasteiger partial charge in [-0.15, -0.1) is 0 Å². The average molecular weight is 481 g/mol. The molecule has 11 heteroatoms. The summed E-state index contributed by atoms with van der Waals surface area (Å²) in [7, 11) is 3.83. The van der Waals surface area contributed by atoms with Gasteiger partial charge in [0.25, 0.3) is 5.91 Å². The molecule has 1 atom stereocenters. The summed E-state index contributed by atoms with van der Waals surface area (Å²) in [5.74, 6) is 1.38. The number of aryl methyl sites for hydroxylation is 1. The summed E-state index contributed by atoms with van der Waals surface area (Å²) in [4.78, 5) is 42.0. The van der Waals surface area contributed by atoms with Crippen LogP contribution in [0.2, 0.25) is 0 Å². The molecule has 3 N–H and O–H groups in total. The summed E-state index contributed by atoms with van der Waals surface area (Å²) < 4.78 is 4.24. The first-order chi connectivity index (χ1) is 16.3. The Kier molecular flexibility index (Phi) is 7.01. The van der Waals surface area contributed by atoms with Gasteiger partial charge in [0.15, 0.2) is 17.3 Å². The van der Waals surface area contributed by atoms with Crippen molar-refractivity contribution in [3.63, 3.8) is 0 Å². The van der Waals surface area contributed by atoms with Crippen LogP contribution in [0.1, 0.15) is 45.8 Å². The van der Waals surface area contributed by atoms with Gasteiger partial charge in [0.1, 0.15) is 16.6 Å². The Labute approximate surface area is 202 Å². The molecule has 0 aliphatic carbocycles. The van der Waals surface area contributed by atoms with Crippen molar-refractivity contribution in [1.29, 1.82) is 0 Å². The molecular formula is C23H28N8O2S. The van der Waals surface area contributed by atoms with Gasteiger partial charge in [0.2, 0.25) is 0 Å². The van der Waals surface area contributed by atoms with Gasteiger partial charge in [-0.2, -0.15) is 4.37 Å². The van der Waals surface area contributed by atoms with Gasteiger partial charge in [-0.3, -0.25) is 9.59 Å². The first-order valence-corrected chi connectivity index (χ1v) is 11.9. The van der Waals surface area contributed by atoms with Gasteiger partial charge < -0.3 is 20.9 Å². The van der Waals surface area contributed by atoms with Gasteiger partial charge in [-0.1, -0.05) is 0 Å². The van der Waals surface area contributed by atoms with E-state index in [0.717, 1.165) is 35.9 Å². The zero-order valence-electron chi connectivity index (χ0n) is 19.5. The summed E-state index contributed by atoms with van der Waals surface area (Å²) in [5, 5.41) is 3.87. The minimum absolute atomic E-state index is 0.0761. The molecule has 0 aromatic carbocycles. The predicted molar refractivity (Wildman–Crippen MR) is 133 cm³/mol. The smallest absolute Gasteiger partial charge is 0.271 e. The number of anilines is 4. The number of ketones is 1. The number of rotatable bonds is 8. The lowest BCUT2D eigenvalue weighted by atomic mass is 9.91. The molecule has 0 unspecified atom stereocenters. The molecule has 10 nitrogen and oxygen atoms in total. The standard InChI is InChI=1S/C23H28N8O2S/c1-14-9-20(34-29-14)28-23-21(22(24)33)26-12-19(27-23)31-8-4-5-15(13-31)10-17(32)16-6-7-18(25-11-16)30(2)3/h6-7,9,11-12,15H,4-5,8,10,13H2,1-3H3,(H2,24,33)(H,27,28)/t15-/m0/s1. The summed E-state index contributed by atoms with van der Waals surface area (Å²) in [6.45, 7) is 3.37. The van der Waals surface area contributed by atoms with Gasteiger partial charge >= 0.3 is 0 Å². The van der Waals surface area contributed by atoms with Crippen molar-refractivity contribution in [3.8, 4) is 0 Å². The first-order valence-electron chi connectivity index (χ1n) is 11.1. The maximum atomic E-state index is 12.8. The van der Waals surface area contributed by atoms with Crippen molar-refractivity contribution in [3.05, 3.63) is 47.5 Å². The van der Waals surface area contributed by atoms with Crippen LogP contribution in [0.5, 0.6) is 0 Å². The maximum absolute atomic E-state index is 12.8. The molecule has 1 aliphatic heterocycles. The number of nitrogens with two attached hydrogens (primary N) is 1. The monoisotopic (exact) mass is 480 g/mol. The Morgan fingerprint density at radius 3 is 2.74 bits per heavy atom. The van der Waals surface area contributed by atoms with Crippen molar-refractivity contribution >= 4 is 45.7 Å². The van der Waals surface area contributed by atoms with Crippen molar-refractivity contribution in [2.75, 3.05) is 42.3 Å². The Morgan fingerprint density at radius 1 is 1.26 bits per heavy atom. The molecule has 0 saturated carbocycles. The fourth-order valence-electron chi connectivity index (χ4n) is 3.97.